The Kier molecular flexibility index (Phi) is 4.53. The molecule has 0 unspecified atom stereocenters. The maximum atomic E-state index is 5.22. The minimum Gasteiger partial charge on any atom is -0.497 e. The van der Waals surface area contributed by atoms with Gasteiger partial charge in [-0.3, -0.25) is 0 Å². The molecule has 4 aromatic carbocycles. The molecule has 0 N–H and O–H groups in total. The summed E-state index contributed by atoms with van der Waals surface area (Å²) in [6.45, 7) is 0. The van der Waals surface area contributed by atoms with Crippen LogP contribution in [0.4, 0.5) is 0 Å². The van der Waals surface area contributed by atoms with E-state index in [9.17, 15) is 0 Å². The molecule has 4 aromatic rings. The molecule has 0 radical (unpaired) electrons. The average molecular weight is 336 g/mol. The van der Waals surface area contributed by atoms with Gasteiger partial charge in [0.25, 0.3) is 0 Å². The molecule has 0 aromatic heterocycles. The highest BCUT2D eigenvalue weighted by molar-refractivity contribution is 5.73. The Morgan fingerprint density at radius 2 is 0.692 bits per heavy atom. The van der Waals surface area contributed by atoms with Gasteiger partial charge in [-0.15, -0.1) is 0 Å². The summed E-state index contributed by atoms with van der Waals surface area (Å²) < 4.78 is 5.22. The van der Waals surface area contributed by atoms with E-state index in [0.717, 1.165) is 5.75 Å². The van der Waals surface area contributed by atoms with Gasteiger partial charge in [-0.1, -0.05) is 91.0 Å². The van der Waals surface area contributed by atoms with Gasteiger partial charge >= 0.3 is 0 Å². The molecule has 0 aliphatic rings. The zero-order chi connectivity index (χ0) is 17.8. The second-order valence-corrected chi connectivity index (χ2v) is 6.25. The Bertz CT molecular complexity index is 967. The summed E-state index contributed by atoms with van der Waals surface area (Å²) in [5.74, 6) is 0.879. The minimum absolute atomic E-state index is 0.879. The monoisotopic (exact) mass is 336 g/mol. The molecule has 0 heterocycles. The van der Waals surface area contributed by atoms with E-state index in [-0.39, 0.29) is 0 Å². The lowest BCUT2D eigenvalue weighted by molar-refractivity contribution is 0.415. The third kappa shape index (κ3) is 3.38. The van der Waals surface area contributed by atoms with Crippen molar-refractivity contribution in [3.63, 3.8) is 0 Å². The molecule has 0 saturated heterocycles. The van der Waals surface area contributed by atoms with Crippen molar-refractivity contribution in [1.82, 2.24) is 0 Å². The molecule has 26 heavy (non-hydrogen) atoms. The van der Waals surface area contributed by atoms with Crippen molar-refractivity contribution in [3.8, 4) is 39.1 Å². The molecule has 1 heteroatoms. The normalized spacial score (nSPS) is 10.5. The molecule has 0 spiro atoms. The van der Waals surface area contributed by atoms with Crippen molar-refractivity contribution in [2.75, 3.05) is 7.11 Å². The van der Waals surface area contributed by atoms with Crippen LogP contribution in [0.2, 0.25) is 0 Å². The van der Waals surface area contributed by atoms with Crippen LogP contribution in [0.25, 0.3) is 33.4 Å². The fourth-order valence-electron chi connectivity index (χ4n) is 3.12. The lowest BCUT2D eigenvalue weighted by atomic mass is 9.98. The number of methoxy groups -OCH3 is 1. The van der Waals surface area contributed by atoms with Gasteiger partial charge in [0.2, 0.25) is 0 Å². The first-order valence-corrected chi connectivity index (χ1v) is 8.74. The zero-order valence-electron chi connectivity index (χ0n) is 14.7. The predicted molar refractivity (Wildman–Crippen MR) is 109 cm³/mol. The van der Waals surface area contributed by atoms with Crippen LogP contribution in [0, 0.1) is 0 Å². The molecule has 0 atom stereocenters. The highest BCUT2D eigenvalue weighted by Crippen LogP contribution is 2.28. The molecule has 0 bridgehead atoms. The van der Waals surface area contributed by atoms with Crippen LogP contribution in [-0.4, -0.2) is 7.11 Å². The van der Waals surface area contributed by atoms with Gasteiger partial charge < -0.3 is 4.74 Å². The molecule has 0 aliphatic heterocycles. The first kappa shape index (κ1) is 16.2. The predicted octanol–water partition coefficient (Wildman–Crippen LogP) is 6.70. The van der Waals surface area contributed by atoms with Gasteiger partial charge in [0, 0.05) is 0 Å². The maximum absolute atomic E-state index is 5.22. The number of hydrogen-bond acceptors (Lipinski definition) is 1. The van der Waals surface area contributed by atoms with Crippen molar-refractivity contribution in [2.45, 2.75) is 0 Å². The summed E-state index contributed by atoms with van der Waals surface area (Å²) in [6, 6.07) is 36.0. The minimum atomic E-state index is 0.879. The largest absolute Gasteiger partial charge is 0.497 e. The maximum Gasteiger partial charge on any atom is 0.118 e. The molecule has 0 aliphatic carbocycles. The Morgan fingerprint density at radius 1 is 0.385 bits per heavy atom. The van der Waals surface area contributed by atoms with Crippen molar-refractivity contribution < 1.29 is 4.74 Å². The number of benzene rings is 4. The Balaban J connectivity index is 1.56. The molecule has 4 rings (SSSR count). The molecule has 0 saturated carbocycles. The first-order valence-electron chi connectivity index (χ1n) is 8.74. The van der Waals surface area contributed by atoms with Crippen molar-refractivity contribution >= 4 is 0 Å². The van der Waals surface area contributed by atoms with Crippen LogP contribution in [0.3, 0.4) is 0 Å². The Hall–Kier alpha value is -3.32. The van der Waals surface area contributed by atoms with Crippen LogP contribution >= 0.6 is 0 Å². The SMILES string of the molecule is COc1ccc(-c2ccc(-c3ccc(-c4ccccc4)cc3)cc2)cc1. The van der Waals surface area contributed by atoms with E-state index in [4.69, 9.17) is 4.74 Å². The summed E-state index contributed by atoms with van der Waals surface area (Å²) in [4.78, 5) is 0. The van der Waals surface area contributed by atoms with Gasteiger partial charge in [-0.2, -0.15) is 0 Å². The van der Waals surface area contributed by atoms with E-state index >= 15 is 0 Å². The smallest absolute Gasteiger partial charge is 0.118 e. The van der Waals surface area contributed by atoms with Crippen LogP contribution in [0.1, 0.15) is 0 Å². The van der Waals surface area contributed by atoms with E-state index in [1.165, 1.54) is 33.4 Å². The molecule has 126 valence electrons. The molecule has 1 nitrogen and oxygen atoms in total. The van der Waals surface area contributed by atoms with Gasteiger partial charge in [-0.05, 0) is 45.5 Å². The van der Waals surface area contributed by atoms with Crippen LogP contribution in [-0.2, 0) is 0 Å². The Labute approximate surface area is 154 Å². The number of ether oxygens (including phenoxy) is 1. The molecule has 0 amide bonds. The number of rotatable bonds is 4. The molecular weight excluding hydrogens is 316 g/mol. The molecule has 0 fully saturated rings. The fourth-order valence-corrected chi connectivity index (χ4v) is 3.12. The fraction of sp³-hybridized carbons (Fsp3) is 0.0400. The average Bonchev–Trinajstić information content (AvgIpc) is 2.75. The van der Waals surface area contributed by atoms with Crippen LogP contribution < -0.4 is 4.74 Å². The van der Waals surface area contributed by atoms with E-state index in [0.29, 0.717) is 0 Å². The van der Waals surface area contributed by atoms with Gasteiger partial charge in [0.15, 0.2) is 0 Å². The number of hydrogen-bond donors (Lipinski definition) is 0. The van der Waals surface area contributed by atoms with E-state index < -0.39 is 0 Å². The van der Waals surface area contributed by atoms with Gasteiger partial charge in [0.1, 0.15) is 5.75 Å². The highest BCUT2D eigenvalue weighted by Gasteiger charge is 2.02. The standard InChI is InChI=1S/C25H20O/c1-26-25-17-15-24(16-18-25)23-13-11-22(12-14-23)21-9-7-20(8-10-21)19-5-3-2-4-6-19/h2-18H,1H3. The summed E-state index contributed by atoms with van der Waals surface area (Å²) in [5, 5.41) is 0. The summed E-state index contributed by atoms with van der Waals surface area (Å²) in [6.07, 6.45) is 0. The van der Waals surface area contributed by atoms with E-state index in [1.807, 2.05) is 18.2 Å². The summed E-state index contributed by atoms with van der Waals surface area (Å²) in [5.41, 5.74) is 7.33. The molecular formula is C25H20O. The van der Waals surface area contributed by atoms with E-state index in [1.54, 1.807) is 7.11 Å². The second-order valence-electron chi connectivity index (χ2n) is 6.25. The Morgan fingerprint density at radius 3 is 1.04 bits per heavy atom. The van der Waals surface area contributed by atoms with Crippen LogP contribution in [0.5, 0.6) is 5.75 Å². The van der Waals surface area contributed by atoms with Crippen molar-refractivity contribution in [3.05, 3.63) is 103 Å². The van der Waals surface area contributed by atoms with Crippen LogP contribution in [0.15, 0.2) is 103 Å². The van der Waals surface area contributed by atoms with Gasteiger partial charge in [-0.25, -0.2) is 0 Å². The van der Waals surface area contributed by atoms with E-state index in [2.05, 4.69) is 84.9 Å². The summed E-state index contributed by atoms with van der Waals surface area (Å²) in [7, 11) is 1.69. The lowest BCUT2D eigenvalue weighted by Gasteiger charge is -2.07. The highest BCUT2D eigenvalue weighted by atomic mass is 16.5. The van der Waals surface area contributed by atoms with Crippen molar-refractivity contribution in [1.29, 1.82) is 0 Å². The first-order chi connectivity index (χ1) is 12.8. The van der Waals surface area contributed by atoms with Crippen molar-refractivity contribution in [2.24, 2.45) is 0 Å². The van der Waals surface area contributed by atoms with Gasteiger partial charge in [0.05, 0.1) is 7.11 Å². The topological polar surface area (TPSA) is 9.23 Å². The summed E-state index contributed by atoms with van der Waals surface area (Å²) >= 11 is 0. The second kappa shape index (κ2) is 7.28. The third-order valence-electron chi connectivity index (χ3n) is 4.63. The third-order valence-corrected chi connectivity index (χ3v) is 4.63. The lowest BCUT2D eigenvalue weighted by Crippen LogP contribution is -1.84. The zero-order valence-corrected chi connectivity index (χ0v) is 14.7. The quantitative estimate of drug-likeness (QED) is 0.403.